The quantitative estimate of drug-likeness (QED) is 0.345. The van der Waals surface area contributed by atoms with Crippen LogP contribution in [0.4, 0.5) is 0 Å². The molecule has 2 unspecified atom stereocenters. The second-order valence-electron chi connectivity index (χ2n) is 5.64. The van der Waals surface area contributed by atoms with Crippen molar-refractivity contribution in [3.8, 4) is 0 Å². The van der Waals surface area contributed by atoms with E-state index in [2.05, 4.69) is 27.7 Å². The third-order valence-corrected chi connectivity index (χ3v) is 4.12. The highest BCUT2D eigenvalue weighted by molar-refractivity contribution is 4.62. The molecule has 0 aliphatic carbocycles. The molecular weight excluding hydrogens is 204 g/mol. The van der Waals surface area contributed by atoms with Crippen LogP contribution < -0.4 is 0 Å². The van der Waals surface area contributed by atoms with Gasteiger partial charge in [-0.15, -0.1) is 0 Å². The number of hydrogen-bond acceptors (Lipinski definition) is 0. The van der Waals surface area contributed by atoms with Crippen LogP contribution in [0.1, 0.15) is 91.4 Å². The molecule has 0 aliphatic rings. The molecule has 0 aromatic carbocycles. The molecule has 0 heterocycles. The molecule has 0 N–H and O–H groups in total. The predicted molar refractivity (Wildman–Crippen MR) is 80.1 cm³/mol. The third kappa shape index (κ3) is 9.68. The lowest BCUT2D eigenvalue weighted by atomic mass is 9.90. The van der Waals surface area contributed by atoms with Crippen LogP contribution in [0.3, 0.4) is 0 Å². The summed E-state index contributed by atoms with van der Waals surface area (Å²) in [5.41, 5.74) is 0. The van der Waals surface area contributed by atoms with Crippen molar-refractivity contribution < 1.29 is 0 Å². The first kappa shape index (κ1) is 17.0. The van der Waals surface area contributed by atoms with Crippen molar-refractivity contribution >= 4 is 0 Å². The van der Waals surface area contributed by atoms with Crippen molar-refractivity contribution in [3.63, 3.8) is 0 Å². The Labute approximate surface area is 111 Å². The van der Waals surface area contributed by atoms with Crippen LogP contribution in [0.2, 0.25) is 0 Å². The van der Waals surface area contributed by atoms with Gasteiger partial charge in [-0.3, -0.25) is 0 Å². The summed E-state index contributed by atoms with van der Waals surface area (Å²) in [6.07, 6.45) is 15.2. The number of hydrogen-bond donors (Lipinski definition) is 0. The Balaban J connectivity index is 3.52. The Morgan fingerprint density at radius 2 is 1.29 bits per heavy atom. The van der Waals surface area contributed by atoms with Crippen LogP contribution in [-0.2, 0) is 0 Å². The summed E-state index contributed by atoms with van der Waals surface area (Å²) >= 11 is 0. The van der Waals surface area contributed by atoms with E-state index in [1.54, 1.807) is 0 Å². The highest BCUT2D eigenvalue weighted by Crippen LogP contribution is 2.23. The average Bonchev–Trinajstić information content (AvgIpc) is 2.36. The molecule has 0 spiro atoms. The van der Waals surface area contributed by atoms with Gasteiger partial charge in [0.15, 0.2) is 0 Å². The fourth-order valence-corrected chi connectivity index (χ4v) is 2.75. The van der Waals surface area contributed by atoms with Crippen LogP contribution in [0, 0.1) is 18.8 Å². The fraction of sp³-hybridized carbons (Fsp3) is 0.941. The van der Waals surface area contributed by atoms with Crippen molar-refractivity contribution in [2.24, 2.45) is 11.8 Å². The molecular formula is C17H35. The summed E-state index contributed by atoms with van der Waals surface area (Å²) in [4.78, 5) is 0. The van der Waals surface area contributed by atoms with Gasteiger partial charge in [-0.25, -0.2) is 0 Å². The standard InChI is InChI=1S/C17H35/c1-5-9-13-17(8-4)15-11-10-14-16(7-3)12-6-2/h16-17H,3,5-15H2,1-2,4H3. The second kappa shape index (κ2) is 12.5. The lowest BCUT2D eigenvalue weighted by Crippen LogP contribution is -2.01. The van der Waals surface area contributed by atoms with Gasteiger partial charge in [0.05, 0.1) is 0 Å². The van der Waals surface area contributed by atoms with E-state index in [1.807, 2.05) is 0 Å². The van der Waals surface area contributed by atoms with Gasteiger partial charge in [-0.2, -0.15) is 0 Å². The van der Waals surface area contributed by atoms with Crippen molar-refractivity contribution in [3.05, 3.63) is 6.92 Å². The van der Waals surface area contributed by atoms with Crippen LogP contribution in [0.25, 0.3) is 0 Å². The summed E-state index contributed by atoms with van der Waals surface area (Å²) in [6, 6.07) is 0. The Kier molecular flexibility index (Phi) is 12.5. The smallest absolute Gasteiger partial charge is 0.0414 e. The zero-order valence-electron chi connectivity index (χ0n) is 12.6. The van der Waals surface area contributed by atoms with E-state index in [0.29, 0.717) is 0 Å². The zero-order valence-corrected chi connectivity index (χ0v) is 12.6. The maximum Gasteiger partial charge on any atom is -0.0414 e. The molecule has 0 amide bonds. The van der Waals surface area contributed by atoms with E-state index in [0.717, 1.165) is 18.3 Å². The predicted octanol–water partition coefficient (Wildman–Crippen LogP) is 6.40. The van der Waals surface area contributed by atoms with Crippen LogP contribution in [-0.4, -0.2) is 0 Å². The molecule has 0 aromatic rings. The van der Waals surface area contributed by atoms with Gasteiger partial charge in [0.1, 0.15) is 0 Å². The molecule has 103 valence electrons. The van der Waals surface area contributed by atoms with E-state index in [4.69, 9.17) is 0 Å². The zero-order chi connectivity index (χ0) is 12.9. The molecule has 2 atom stereocenters. The van der Waals surface area contributed by atoms with Crippen molar-refractivity contribution in [2.75, 3.05) is 0 Å². The van der Waals surface area contributed by atoms with Gasteiger partial charge < -0.3 is 0 Å². The Bertz CT molecular complexity index is 139. The number of rotatable bonds is 12. The third-order valence-electron chi connectivity index (χ3n) is 4.12. The van der Waals surface area contributed by atoms with Gasteiger partial charge in [0.25, 0.3) is 0 Å². The summed E-state index contributed by atoms with van der Waals surface area (Å²) in [5.74, 6) is 1.90. The van der Waals surface area contributed by atoms with E-state index < -0.39 is 0 Å². The molecule has 0 bridgehead atoms. The van der Waals surface area contributed by atoms with Crippen LogP contribution in [0.5, 0.6) is 0 Å². The summed E-state index contributed by atoms with van der Waals surface area (Å²) < 4.78 is 0. The van der Waals surface area contributed by atoms with E-state index in [-0.39, 0.29) is 0 Å². The first-order valence-corrected chi connectivity index (χ1v) is 8.07. The Hall–Kier alpha value is 0. The van der Waals surface area contributed by atoms with Crippen LogP contribution >= 0.6 is 0 Å². The average molecular weight is 239 g/mol. The highest BCUT2D eigenvalue weighted by atomic mass is 14.1. The molecule has 0 saturated heterocycles. The maximum absolute atomic E-state index is 4.08. The molecule has 0 aromatic heterocycles. The molecule has 0 fully saturated rings. The lowest BCUT2D eigenvalue weighted by molar-refractivity contribution is 0.376. The minimum atomic E-state index is 0.899. The highest BCUT2D eigenvalue weighted by Gasteiger charge is 2.07. The Morgan fingerprint density at radius 3 is 1.76 bits per heavy atom. The number of unbranched alkanes of at least 4 members (excludes halogenated alkanes) is 2. The monoisotopic (exact) mass is 239 g/mol. The molecule has 0 nitrogen and oxygen atoms in total. The van der Waals surface area contributed by atoms with Crippen molar-refractivity contribution in [2.45, 2.75) is 91.4 Å². The topological polar surface area (TPSA) is 0 Å². The van der Waals surface area contributed by atoms with E-state index in [9.17, 15) is 0 Å². The largest absolute Gasteiger partial charge is 0.0654 e. The van der Waals surface area contributed by atoms with E-state index >= 15 is 0 Å². The summed E-state index contributed by atoms with van der Waals surface area (Å²) in [6.45, 7) is 11.0. The fourth-order valence-electron chi connectivity index (χ4n) is 2.75. The molecule has 0 rings (SSSR count). The van der Waals surface area contributed by atoms with Gasteiger partial charge >= 0.3 is 0 Å². The van der Waals surface area contributed by atoms with Gasteiger partial charge in [0, 0.05) is 0 Å². The van der Waals surface area contributed by atoms with Crippen molar-refractivity contribution in [1.82, 2.24) is 0 Å². The van der Waals surface area contributed by atoms with Gasteiger partial charge in [-0.1, -0.05) is 98.3 Å². The van der Waals surface area contributed by atoms with Crippen molar-refractivity contribution in [1.29, 1.82) is 0 Å². The molecule has 17 heavy (non-hydrogen) atoms. The minimum Gasteiger partial charge on any atom is -0.0654 e. The van der Waals surface area contributed by atoms with Gasteiger partial charge in [0.2, 0.25) is 0 Å². The molecule has 0 saturated carbocycles. The summed E-state index contributed by atoms with van der Waals surface area (Å²) in [7, 11) is 0. The minimum absolute atomic E-state index is 0.899. The molecule has 1 radical (unpaired) electrons. The first-order valence-electron chi connectivity index (χ1n) is 8.07. The SMILES string of the molecule is [CH2]CC(CCC)CCCCC(CC)CCCC. The molecule has 0 aliphatic heterocycles. The first-order chi connectivity index (χ1) is 8.28. The second-order valence-corrected chi connectivity index (χ2v) is 5.64. The van der Waals surface area contributed by atoms with E-state index in [1.165, 1.54) is 64.2 Å². The summed E-state index contributed by atoms with van der Waals surface area (Å²) in [5, 5.41) is 0. The van der Waals surface area contributed by atoms with Gasteiger partial charge in [-0.05, 0) is 11.8 Å². The normalized spacial score (nSPS) is 14.8. The van der Waals surface area contributed by atoms with Crippen LogP contribution in [0.15, 0.2) is 0 Å². The molecule has 0 heteroatoms. The Morgan fingerprint density at radius 1 is 0.706 bits per heavy atom. The lowest BCUT2D eigenvalue weighted by Gasteiger charge is -2.16. The maximum atomic E-state index is 4.08.